The molecule has 0 bridgehead atoms. The van der Waals surface area contributed by atoms with Crippen molar-refractivity contribution in [3.63, 3.8) is 0 Å². The molecule has 1 aromatic carbocycles. The summed E-state index contributed by atoms with van der Waals surface area (Å²) in [7, 11) is 1.57. The van der Waals surface area contributed by atoms with Crippen LogP contribution in [0.1, 0.15) is 52.4 Å². The van der Waals surface area contributed by atoms with Crippen LogP contribution in [-0.2, 0) is 17.9 Å². The molecule has 1 aliphatic rings. The number of carbonyl (C=O) groups excluding carboxylic acids is 3. The highest BCUT2D eigenvalue weighted by Crippen LogP contribution is 2.18. The summed E-state index contributed by atoms with van der Waals surface area (Å²) < 4.78 is 1.61. The third-order valence-corrected chi connectivity index (χ3v) is 6.13. The average molecular weight is 469 g/mol. The molecule has 34 heavy (non-hydrogen) atoms. The minimum Gasteiger partial charge on any atom is -0.353 e. The molecule has 0 fully saturated rings. The molecule has 0 saturated heterocycles. The van der Waals surface area contributed by atoms with Crippen molar-refractivity contribution in [2.75, 3.05) is 46.3 Å². The lowest BCUT2D eigenvalue weighted by Gasteiger charge is -2.20. The van der Waals surface area contributed by atoms with Crippen LogP contribution in [0.2, 0.25) is 0 Å². The van der Waals surface area contributed by atoms with Crippen LogP contribution in [0.25, 0.3) is 0 Å². The monoisotopic (exact) mass is 468 g/mol. The van der Waals surface area contributed by atoms with Crippen molar-refractivity contribution in [3.8, 4) is 0 Å². The van der Waals surface area contributed by atoms with Crippen molar-refractivity contribution in [1.82, 2.24) is 29.8 Å². The molecule has 3 rings (SSSR count). The van der Waals surface area contributed by atoms with E-state index in [9.17, 15) is 14.4 Å². The number of amides is 3. The van der Waals surface area contributed by atoms with Crippen LogP contribution >= 0.6 is 0 Å². The number of carbonyl (C=O) groups is 3. The van der Waals surface area contributed by atoms with Crippen LogP contribution in [0.3, 0.4) is 0 Å². The molecule has 0 atom stereocenters. The molecule has 2 aromatic rings. The van der Waals surface area contributed by atoms with Crippen molar-refractivity contribution in [2.24, 2.45) is 0 Å². The number of hydrogen-bond acceptors (Lipinski definition) is 5. The second-order valence-electron chi connectivity index (χ2n) is 8.75. The molecular formula is C25H36N6O3. The van der Waals surface area contributed by atoms with E-state index in [0.29, 0.717) is 31.9 Å². The van der Waals surface area contributed by atoms with Gasteiger partial charge in [-0.15, -0.1) is 0 Å². The molecule has 0 saturated carbocycles. The summed E-state index contributed by atoms with van der Waals surface area (Å²) >= 11 is 0. The Balaban J connectivity index is 1.61. The summed E-state index contributed by atoms with van der Waals surface area (Å²) in [4.78, 5) is 43.7. The Morgan fingerprint density at radius 1 is 1.15 bits per heavy atom. The van der Waals surface area contributed by atoms with E-state index in [2.05, 4.69) is 35.2 Å². The molecule has 1 N–H and O–H groups in total. The predicted molar refractivity (Wildman–Crippen MR) is 131 cm³/mol. The summed E-state index contributed by atoms with van der Waals surface area (Å²) in [6.07, 6.45) is 0.755. The van der Waals surface area contributed by atoms with Crippen LogP contribution in [0.15, 0.2) is 30.3 Å². The second kappa shape index (κ2) is 11.8. The van der Waals surface area contributed by atoms with Gasteiger partial charge >= 0.3 is 0 Å². The van der Waals surface area contributed by atoms with Gasteiger partial charge in [0, 0.05) is 45.8 Å². The number of nitrogens with zero attached hydrogens (tertiary/aromatic N) is 5. The molecule has 0 radical (unpaired) electrons. The highest BCUT2D eigenvalue weighted by atomic mass is 16.2. The van der Waals surface area contributed by atoms with E-state index in [1.54, 1.807) is 22.7 Å². The molecule has 1 aliphatic heterocycles. The first-order chi connectivity index (χ1) is 16.3. The van der Waals surface area contributed by atoms with Gasteiger partial charge in [-0.3, -0.25) is 19.1 Å². The minimum absolute atomic E-state index is 0.0628. The minimum atomic E-state index is -0.377. The van der Waals surface area contributed by atoms with E-state index in [0.717, 1.165) is 37.2 Å². The summed E-state index contributed by atoms with van der Waals surface area (Å²) in [6, 6.07) is 9.66. The highest BCUT2D eigenvalue weighted by molar-refractivity contribution is 5.99. The lowest BCUT2D eigenvalue weighted by Crippen LogP contribution is -2.41. The molecule has 9 heteroatoms. The van der Waals surface area contributed by atoms with Gasteiger partial charge in [-0.2, -0.15) is 5.10 Å². The molecule has 0 aliphatic carbocycles. The third kappa shape index (κ3) is 6.44. The lowest BCUT2D eigenvalue weighted by molar-refractivity contribution is -0.121. The van der Waals surface area contributed by atoms with E-state index < -0.39 is 0 Å². The maximum Gasteiger partial charge on any atom is 0.274 e. The van der Waals surface area contributed by atoms with Crippen molar-refractivity contribution in [2.45, 2.75) is 40.3 Å². The molecule has 1 aromatic heterocycles. The maximum absolute atomic E-state index is 13.2. The van der Waals surface area contributed by atoms with Crippen LogP contribution in [-0.4, -0.2) is 88.5 Å². The first-order valence-corrected chi connectivity index (χ1v) is 12.0. The Morgan fingerprint density at radius 2 is 1.91 bits per heavy atom. The molecule has 0 spiro atoms. The number of fused-ring (bicyclic) bond motifs is 1. The average Bonchev–Trinajstić information content (AvgIpc) is 3.18. The van der Waals surface area contributed by atoms with Crippen molar-refractivity contribution in [1.29, 1.82) is 0 Å². The van der Waals surface area contributed by atoms with Crippen LogP contribution in [0.5, 0.6) is 0 Å². The molecule has 9 nitrogen and oxygen atoms in total. The predicted octanol–water partition coefficient (Wildman–Crippen LogP) is 1.77. The van der Waals surface area contributed by atoms with Crippen molar-refractivity contribution in [3.05, 3.63) is 52.8 Å². The topological polar surface area (TPSA) is 90.8 Å². The van der Waals surface area contributed by atoms with Crippen LogP contribution in [0.4, 0.5) is 0 Å². The smallest absolute Gasteiger partial charge is 0.274 e. The summed E-state index contributed by atoms with van der Waals surface area (Å²) in [6.45, 7) is 11.0. The first kappa shape index (κ1) is 25.4. The van der Waals surface area contributed by atoms with Crippen LogP contribution < -0.4 is 5.32 Å². The Labute approximate surface area is 201 Å². The first-order valence-electron chi connectivity index (χ1n) is 12.0. The molecule has 2 heterocycles. The fourth-order valence-electron chi connectivity index (χ4n) is 4.15. The Hall–Kier alpha value is -3.20. The zero-order valence-corrected chi connectivity index (χ0v) is 20.7. The van der Waals surface area contributed by atoms with E-state index in [1.807, 2.05) is 25.1 Å². The van der Waals surface area contributed by atoms with Gasteiger partial charge in [-0.25, -0.2) is 0 Å². The van der Waals surface area contributed by atoms with Crippen LogP contribution in [0, 0.1) is 6.92 Å². The fourth-order valence-corrected chi connectivity index (χ4v) is 4.15. The zero-order chi connectivity index (χ0) is 24.7. The Kier molecular flexibility index (Phi) is 8.81. The van der Waals surface area contributed by atoms with Gasteiger partial charge in [0.15, 0.2) is 5.69 Å². The second-order valence-corrected chi connectivity index (χ2v) is 8.75. The third-order valence-electron chi connectivity index (χ3n) is 6.13. The molecule has 0 unspecified atom stereocenters. The molecule has 184 valence electrons. The van der Waals surface area contributed by atoms with E-state index in [1.165, 1.54) is 4.90 Å². The summed E-state index contributed by atoms with van der Waals surface area (Å²) in [5.41, 5.74) is 2.81. The number of nitrogens with one attached hydrogen (secondary N) is 1. The number of aromatic nitrogens is 2. The summed E-state index contributed by atoms with van der Waals surface area (Å²) in [5.74, 6) is -0.732. The van der Waals surface area contributed by atoms with Gasteiger partial charge in [-0.1, -0.05) is 43.7 Å². The highest BCUT2D eigenvalue weighted by Gasteiger charge is 2.27. The normalized spacial score (nSPS) is 13.6. The standard InChI is InChI=1S/C25H36N6O3/c1-5-29(6-2)14-11-26-23(32)18-28(4)24(33)21-16-22-25(34)30(12-8-13-31(22)27-21)17-20-10-7-9-19(3)15-20/h7,9-10,15-16H,5-6,8,11-14,17-18H2,1-4H3,(H,26,32). The van der Waals surface area contributed by atoms with Gasteiger partial charge in [0.25, 0.3) is 11.8 Å². The largest absolute Gasteiger partial charge is 0.353 e. The Morgan fingerprint density at radius 3 is 2.62 bits per heavy atom. The summed E-state index contributed by atoms with van der Waals surface area (Å²) in [5, 5.41) is 7.25. The lowest BCUT2D eigenvalue weighted by atomic mass is 10.1. The SMILES string of the molecule is CCN(CC)CCNC(=O)CN(C)C(=O)c1cc2n(n1)CCCN(Cc1cccc(C)c1)C2=O. The van der Waals surface area contributed by atoms with Crippen molar-refractivity contribution < 1.29 is 14.4 Å². The number of hydrogen-bond donors (Lipinski definition) is 1. The van der Waals surface area contributed by atoms with Gasteiger partial charge < -0.3 is 20.0 Å². The van der Waals surface area contributed by atoms with E-state index >= 15 is 0 Å². The van der Waals surface area contributed by atoms with Gasteiger partial charge in [0.1, 0.15) is 5.69 Å². The Bertz CT molecular complexity index is 1010. The van der Waals surface area contributed by atoms with E-state index in [4.69, 9.17) is 0 Å². The fraction of sp³-hybridized carbons (Fsp3) is 0.520. The zero-order valence-electron chi connectivity index (χ0n) is 20.7. The maximum atomic E-state index is 13.2. The van der Waals surface area contributed by atoms with Gasteiger partial charge in [-0.05, 0) is 32.0 Å². The number of likely N-dealkylation sites (N-methyl/N-ethyl adjacent to an activating group) is 2. The molecular weight excluding hydrogens is 432 g/mol. The molecule has 3 amide bonds. The quantitative estimate of drug-likeness (QED) is 0.574. The number of aryl methyl sites for hydroxylation is 2. The number of benzene rings is 1. The van der Waals surface area contributed by atoms with Crippen molar-refractivity contribution >= 4 is 17.7 Å². The van der Waals surface area contributed by atoms with E-state index in [-0.39, 0.29) is 30.0 Å². The number of rotatable bonds is 10. The van der Waals surface area contributed by atoms with Gasteiger partial charge in [0.05, 0.1) is 6.54 Å². The van der Waals surface area contributed by atoms with Gasteiger partial charge in [0.2, 0.25) is 5.91 Å².